The average molecular weight is 320 g/mol. The first-order valence-electron chi connectivity index (χ1n) is 5.77. The fraction of sp³-hybridized carbons (Fsp3) is 0.133. The van der Waals surface area contributed by atoms with Crippen LogP contribution in [0.5, 0.6) is 11.5 Å². The summed E-state index contributed by atoms with van der Waals surface area (Å²) in [5.74, 6) is 0.856. The number of rotatable bonds is 3. The van der Waals surface area contributed by atoms with Crippen molar-refractivity contribution in [3.63, 3.8) is 0 Å². The number of aromatic hydroxyl groups is 1. The summed E-state index contributed by atoms with van der Waals surface area (Å²) in [6.45, 7) is 2.02. The Labute approximate surface area is 120 Å². The maximum absolute atomic E-state index is 9.76. The van der Waals surface area contributed by atoms with Gasteiger partial charge in [-0.25, -0.2) is 0 Å². The summed E-state index contributed by atoms with van der Waals surface area (Å²) in [7, 11) is 1.59. The van der Waals surface area contributed by atoms with E-state index in [0.717, 1.165) is 15.7 Å². The highest BCUT2D eigenvalue weighted by Crippen LogP contribution is 2.27. The van der Waals surface area contributed by atoms with Crippen molar-refractivity contribution in [1.82, 2.24) is 0 Å². The molecule has 0 spiro atoms. The van der Waals surface area contributed by atoms with Crippen LogP contribution in [0.25, 0.3) is 0 Å². The number of halogens is 1. The van der Waals surface area contributed by atoms with E-state index in [1.165, 1.54) is 0 Å². The van der Waals surface area contributed by atoms with Gasteiger partial charge in [0.25, 0.3) is 0 Å². The van der Waals surface area contributed by atoms with Gasteiger partial charge in [-0.15, -0.1) is 0 Å². The summed E-state index contributed by atoms with van der Waals surface area (Å²) in [4.78, 5) is 4.37. The van der Waals surface area contributed by atoms with Crippen molar-refractivity contribution in [3.8, 4) is 11.5 Å². The van der Waals surface area contributed by atoms with Gasteiger partial charge >= 0.3 is 0 Å². The lowest BCUT2D eigenvalue weighted by Crippen LogP contribution is -1.87. The van der Waals surface area contributed by atoms with Crippen LogP contribution in [0.3, 0.4) is 0 Å². The first kappa shape index (κ1) is 13.6. The molecule has 0 aromatic heterocycles. The molecule has 1 N–H and O–H groups in total. The van der Waals surface area contributed by atoms with E-state index in [1.54, 1.807) is 31.5 Å². The highest BCUT2D eigenvalue weighted by molar-refractivity contribution is 9.10. The molecular formula is C15H14BrNO2. The minimum absolute atomic E-state index is 0.174. The number of hydrogen-bond donors (Lipinski definition) is 1. The van der Waals surface area contributed by atoms with Crippen LogP contribution in [-0.4, -0.2) is 18.4 Å². The van der Waals surface area contributed by atoms with Crippen molar-refractivity contribution in [1.29, 1.82) is 0 Å². The van der Waals surface area contributed by atoms with E-state index in [4.69, 9.17) is 4.74 Å². The molecule has 0 saturated heterocycles. The topological polar surface area (TPSA) is 41.8 Å². The minimum Gasteiger partial charge on any atom is -0.507 e. The van der Waals surface area contributed by atoms with Gasteiger partial charge in [0.15, 0.2) is 0 Å². The van der Waals surface area contributed by atoms with Crippen LogP contribution >= 0.6 is 15.9 Å². The standard InChI is InChI=1S/C15H14BrNO2/c1-10-3-5-14(13(16)7-10)17-9-11-8-12(19-2)4-6-15(11)18/h3-9,18H,1-2H3. The Hall–Kier alpha value is -1.81. The van der Waals surface area contributed by atoms with Gasteiger partial charge in [-0.2, -0.15) is 0 Å². The van der Waals surface area contributed by atoms with Gasteiger partial charge in [-0.05, 0) is 58.7 Å². The third-order valence-electron chi connectivity index (χ3n) is 2.68. The molecule has 3 nitrogen and oxygen atoms in total. The fourth-order valence-electron chi connectivity index (χ4n) is 1.62. The summed E-state index contributed by atoms with van der Waals surface area (Å²) in [6, 6.07) is 10.9. The zero-order valence-corrected chi connectivity index (χ0v) is 12.3. The molecule has 0 fully saturated rings. The smallest absolute Gasteiger partial charge is 0.124 e. The number of hydrogen-bond acceptors (Lipinski definition) is 3. The van der Waals surface area contributed by atoms with E-state index in [9.17, 15) is 5.11 Å². The number of benzene rings is 2. The second kappa shape index (κ2) is 5.89. The van der Waals surface area contributed by atoms with Crippen molar-refractivity contribution in [3.05, 3.63) is 52.0 Å². The molecule has 0 aliphatic rings. The normalized spacial score (nSPS) is 10.9. The molecule has 0 aliphatic heterocycles. The van der Waals surface area contributed by atoms with Crippen LogP contribution in [0, 0.1) is 6.92 Å². The van der Waals surface area contributed by atoms with E-state index in [2.05, 4.69) is 20.9 Å². The highest BCUT2D eigenvalue weighted by Gasteiger charge is 2.02. The van der Waals surface area contributed by atoms with Crippen LogP contribution in [0.1, 0.15) is 11.1 Å². The molecule has 2 aromatic rings. The number of ether oxygens (including phenoxy) is 1. The Bertz CT molecular complexity index is 624. The summed E-state index contributed by atoms with van der Waals surface area (Å²) in [6.07, 6.45) is 1.62. The first-order chi connectivity index (χ1) is 9.10. The molecule has 0 atom stereocenters. The zero-order valence-electron chi connectivity index (χ0n) is 10.7. The van der Waals surface area contributed by atoms with Crippen molar-refractivity contribution in [2.24, 2.45) is 4.99 Å². The van der Waals surface area contributed by atoms with Gasteiger partial charge in [0.05, 0.1) is 12.8 Å². The van der Waals surface area contributed by atoms with Crippen molar-refractivity contribution in [2.45, 2.75) is 6.92 Å². The molecule has 0 aliphatic carbocycles. The number of aryl methyl sites for hydroxylation is 1. The van der Waals surface area contributed by atoms with Gasteiger partial charge in [-0.1, -0.05) is 6.07 Å². The van der Waals surface area contributed by atoms with Crippen molar-refractivity contribution < 1.29 is 9.84 Å². The monoisotopic (exact) mass is 319 g/mol. The van der Waals surface area contributed by atoms with Crippen LogP contribution in [0.15, 0.2) is 45.9 Å². The maximum Gasteiger partial charge on any atom is 0.124 e. The molecule has 19 heavy (non-hydrogen) atoms. The van der Waals surface area contributed by atoms with Crippen LogP contribution in [0.2, 0.25) is 0 Å². The second-order valence-electron chi connectivity index (χ2n) is 4.14. The number of nitrogens with zero attached hydrogens (tertiary/aromatic N) is 1. The molecule has 0 amide bonds. The number of methoxy groups -OCH3 is 1. The summed E-state index contributed by atoms with van der Waals surface area (Å²) < 4.78 is 6.04. The zero-order chi connectivity index (χ0) is 13.8. The third-order valence-corrected chi connectivity index (χ3v) is 3.32. The Balaban J connectivity index is 2.32. The molecule has 2 aromatic carbocycles. The predicted octanol–water partition coefficient (Wildman–Crippen LogP) is 4.22. The minimum atomic E-state index is 0.174. The van der Waals surface area contributed by atoms with Crippen LogP contribution in [0.4, 0.5) is 5.69 Å². The molecule has 0 saturated carbocycles. The first-order valence-corrected chi connectivity index (χ1v) is 6.56. The molecule has 0 radical (unpaired) electrons. The second-order valence-corrected chi connectivity index (χ2v) is 4.99. The summed E-state index contributed by atoms with van der Waals surface area (Å²) in [5, 5.41) is 9.76. The fourth-order valence-corrected chi connectivity index (χ4v) is 2.21. The Kier molecular flexibility index (Phi) is 4.22. The van der Waals surface area contributed by atoms with Gasteiger partial charge in [0.1, 0.15) is 11.5 Å². The maximum atomic E-state index is 9.76. The largest absolute Gasteiger partial charge is 0.507 e. The molecular weight excluding hydrogens is 306 g/mol. The molecule has 0 heterocycles. The molecule has 4 heteroatoms. The highest BCUT2D eigenvalue weighted by atomic mass is 79.9. The molecule has 98 valence electrons. The van der Waals surface area contributed by atoms with Crippen LogP contribution < -0.4 is 4.74 Å². The van der Waals surface area contributed by atoms with E-state index in [0.29, 0.717) is 11.3 Å². The SMILES string of the molecule is COc1ccc(O)c(C=Nc2ccc(C)cc2Br)c1. The van der Waals surface area contributed by atoms with Crippen LogP contribution in [-0.2, 0) is 0 Å². The van der Waals surface area contributed by atoms with E-state index < -0.39 is 0 Å². The number of phenols is 1. The summed E-state index contributed by atoms with van der Waals surface area (Å²) >= 11 is 3.47. The Morgan fingerprint density at radius 1 is 1.21 bits per heavy atom. The number of aliphatic imine (C=N–C) groups is 1. The van der Waals surface area contributed by atoms with Gasteiger partial charge < -0.3 is 9.84 Å². The van der Waals surface area contributed by atoms with Crippen molar-refractivity contribution in [2.75, 3.05) is 7.11 Å². The molecule has 0 unspecified atom stereocenters. The lowest BCUT2D eigenvalue weighted by Gasteiger charge is -2.03. The van der Waals surface area contributed by atoms with E-state index >= 15 is 0 Å². The van der Waals surface area contributed by atoms with Gasteiger partial charge in [0, 0.05) is 16.3 Å². The third kappa shape index (κ3) is 3.35. The molecule has 2 rings (SSSR count). The Morgan fingerprint density at radius 3 is 2.68 bits per heavy atom. The Morgan fingerprint density at radius 2 is 2.00 bits per heavy atom. The number of phenolic OH excluding ortho intramolecular Hbond substituents is 1. The molecule has 0 bridgehead atoms. The van der Waals surface area contributed by atoms with Gasteiger partial charge in [-0.3, -0.25) is 4.99 Å². The average Bonchev–Trinajstić information content (AvgIpc) is 2.39. The van der Waals surface area contributed by atoms with E-state index in [1.807, 2.05) is 25.1 Å². The quantitative estimate of drug-likeness (QED) is 0.860. The summed E-state index contributed by atoms with van der Waals surface area (Å²) in [5.41, 5.74) is 2.59. The van der Waals surface area contributed by atoms with Gasteiger partial charge in [0.2, 0.25) is 0 Å². The van der Waals surface area contributed by atoms with Crippen molar-refractivity contribution >= 4 is 27.8 Å². The predicted molar refractivity (Wildman–Crippen MR) is 80.8 cm³/mol. The van der Waals surface area contributed by atoms with E-state index in [-0.39, 0.29) is 5.75 Å². The lowest BCUT2D eigenvalue weighted by atomic mass is 10.2. The lowest BCUT2D eigenvalue weighted by molar-refractivity contribution is 0.412.